The van der Waals surface area contributed by atoms with Crippen molar-refractivity contribution in [2.75, 3.05) is 21.3 Å². The summed E-state index contributed by atoms with van der Waals surface area (Å²) in [5.41, 5.74) is 1.72. The zero-order valence-corrected chi connectivity index (χ0v) is 14.0. The van der Waals surface area contributed by atoms with Crippen LogP contribution < -0.4 is 19.5 Å². The summed E-state index contributed by atoms with van der Waals surface area (Å²) in [5.74, 6) is 1.90. The van der Waals surface area contributed by atoms with E-state index < -0.39 is 0 Å². The average molecular weight is 327 g/mol. The lowest BCUT2D eigenvalue weighted by atomic mass is 10.1. The number of para-hydroxylation sites is 1. The van der Waals surface area contributed by atoms with Gasteiger partial charge in [-0.3, -0.25) is 4.79 Å². The number of benzene rings is 2. The molecule has 0 atom stereocenters. The van der Waals surface area contributed by atoms with Gasteiger partial charge in [0.1, 0.15) is 17.2 Å². The SMILES string of the molecule is COc1ccc(CNC(=O)/C=C/c2ccccc2OC)c(OC)c1. The lowest BCUT2D eigenvalue weighted by Crippen LogP contribution is -2.20. The third kappa shape index (κ3) is 4.52. The number of carbonyl (C=O) groups excluding carboxylic acids is 1. The molecule has 0 aromatic heterocycles. The summed E-state index contributed by atoms with van der Waals surface area (Å²) in [4.78, 5) is 12.0. The van der Waals surface area contributed by atoms with Crippen molar-refractivity contribution in [1.82, 2.24) is 5.32 Å². The minimum Gasteiger partial charge on any atom is -0.497 e. The van der Waals surface area contributed by atoms with E-state index in [1.165, 1.54) is 6.08 Å². The molecule has 5 heteroatoms. The average Bonchev–Trinajstić information content (AvgIpc) is 2.64. The number of rotatable bonds is 7. The van der Waals surface area contributed by atoms with Crippen molar-refractivity contribution in [3.8, 4) is 17.2 Å². The Morgan fingerprint density at radius 3 is 2.46 bits per heavy atom. The van der Waals surface area contributed by atoms with Gasteiger partial charge in [-0.1, -0.05) is 18.2 Å². The van der Waals surface area contributed by atoms with Crippen molar-refractivity contribution in [2.24, 2.45) is 0 Å². The number of carbonyl (C=O) groups is 1. The highest BCUT2D eigenvalue weighted by Crippen LogP contribution is 2.24. The van der Waals surface area contributed by atoms with E-state index in [1.54, 1.807) is 33.5 Å². The van der Waals surface area contributed by atoms with Crippen LogP contribution >= 0.6 is 0 Å². The molecule has 0 aliphatic rings. The van der Waals surface area contributed by atoms with Crippen LogP contribution in [0.25, 0.3) is 6.08 Å². The maximum absolute atomic E-state index is 12.0. The number of methoxy groups -OCH3 is 3. The molecular weight excluding hydrogens is 306 g/mol. The Balaban J connectivity index is 1.99. The number of hydrogen-bond donors (Lipinski definition) is 1. The molecular formula is C19H21NO4. The van der Waals surface area contributed by atoms with Crippen LogP contribution in [0.2, 0.25) is 0 Å². The Bertz CT molecular complexity index is 725. The lowest BCUT2D eigenvalue weighted by Gasteiger charge is -2.10. The summed E-state index contributed by atoms with van der Waals surface area (Å²) in [7, 11) is 4.78. The second kappa shape index (κ2) is 8.62. The van der Waals surface area contributed by atoms with Crippen molar-refractivity contribution in [3.05, 3.63) is 59.7 Å². The van der Waals surface area contributed by atoms with Crippen LogP contribution in [0.5, 0.6) is 17.2 Å². The third-order valence-electron chi connectivity index (χ3n) is 3.50. The van der Waals surface area contributed by atoms with Gasteiger partial charge in [-0.25, -0.2) is 0 Å². The van der Waals surface area contributed by atoms with Crippen LogP contribution in [0.15, 0.2) is 48.5 Å². The minimum absolute atomic E-state index is 0.196. The smallest absolute Gasteiger partial charge is 0.244 e. The molecule has 24 heavy (non-hydrogen) atoms. The van der Waals surface area contributed by atoms with Gasteiger partial charge >= 0.3 is 0 Å². The molecule has 1 N–H and O–H groups in total. The van der Waals surface area contributed by atoms with E-state index in [0.29, 0.717) is 18.0 Å². The first-order chi connectivity index (χ1) is 11.7. The summed E-state index contributed by atoms with van der Waals surface area (Å²) in [6.07, 6.45) is 3.20. The zero-order chi connectivity index (χ0) is 17.4. The maximum atomic E-state index is 12.0. The molecule has 0 aliphatic carbocycles. The van der Waals surface area contributed by atoms with Gasteiger partial charge < -0.3 is 19.5 Å². The van der Waals surface area contributed by atoms with Crippen molar-refractivity contribution in [2.45, 2.75) is 6.54 Å². The van der Waals surface area contributed by atoms with Crippen LogP contribution in [0.3, 0.4) is 0 Å². The van der Waals surface area contributed by atoms with E-state index in [2.05, 4.69) is 5.32 Å². The van der Waals surface area contributed by atoms with Crippen molar-refractivity contribution in [1.29, 1.82) is 0 Å². The minimum atomic E-state index is -0.196. The second-order valence-corrected chi connectivity index (χ2v) is 4.97. The molecule has 0 saturated heterocycles. The fraction of sp³-hybridized carbons (Fsp3) is 0.211. The van der Waals surface area contributed by atoms with Crippen molar-refractivity contribution in [3.63, 3.8) is 0 Å². The van der Waals surface area contributed by atoms with Gasteiger partial charge in [-0.2, -0.15) is 0 Å². The highest BCUT2D eigenvalue weighted by molar-refractivity contribution is 5.92. The molecule has 0 heterocycles. The molecule has 1 amide bonds. The summed E-state index contributed by atoms with van der Waals surface area (Å²) in [6.45, 7) is 0.363. The monoisotopic (exact) mass is 327 g/mol. The summed E-state index contributed by atoms with van der Waals surface area (Å²) in [5, 5.41) is 2.83. The standard InChI is InChI=1S/C19H21NO4/c1-22-16-10-8-15(18(12-16)24-3)13-20-19(21)11-9-14-6-4-5-7-17(14)23-2/h4-12H,13H2,1-3H3,(H,20,21)/b11-9+. The molecule has 0 spiro atoms. The largest absolute Gasteiger partial charge is 0.497 e. The third-order valence-corrected chi connectivity index (χ3v) is 3.50. The van der Waals surface area contributed by atoms with Gasteiger partial charge in [0.25, 0.3) is 0 Å². The molecule has 2 aromatic rings. The fourth-order valence-corrected chi connectivity index (χ4v) is 2.21. The van der Waals surface area contributed by atoms with Crippen LogP contribution in [-0.2, 0) is 11.3 Å². The van der Waals surface area contributed by atoms with Crippen LogP contribution in [-0.4, -0.2) is 27.2 Å². The van der Waals surface area contributed by atoms with E-state index in [9.17, 15) is 4.79 Å². The predicted molar refractivity (Wildman–Crippen MR) is 93.4 cm³/mol. The van der Waals surface area contributed by atoms with E-state index in [4.69, 9.17) is 14.2 Å². The molecule has 2 aromatic carbocycles. The Kier molecular flexibility index (Phi) is 6.25. The zero-order valence-electron chi connectivity index (χ0n) is 14.0. The van der Waals surface area contributed by atoms with Gasteiger partial charge in [0.05, 0.1) is 21.3 Å². The van der Waals surface area contributed by atoms with Crippen molar-refractivity contribution < 1.29 is 19.0 Å². The molecule has 0 radical (unpaired) electrons. The van der Waals surface area contributed by atoms with E-state index in [0.717, 1.165) is 16.9 Å². The van der Waals surface area contributed by atoms with Gasteiger partial charge in [0.15, 0.2) is 0 Å². The van der Waals surface area contributed by atoms with Crippen LogP contribution in [0.1, 0.15) is 11.1 Å². The molecule has 2 rings (SSSR count). The Morgan fingerprint density at radius 1 is 1.00 bits per heavy atom. The lowest BCUT2D eigenvalue weighted by molar-refractivity contribution is -0.116. The highest BCUT2D eigenvalue weighted by atomic mass is 16.5. The van der Waals surface area contributed by atoms with Gasteiger partial charge in [0, 0.05) is 29.8 Å². The number of ether oxygens (including phenoxy) is 3. The first-order valence-corrected chi connectivity index (χ1v) is 7.47. The topological polar surface area (TPSA) is 56.8 Å². The van der Waals surface area contributed by atoms with E-state index in [1.807, 2.05) is 36.4 Å². The number of nitrogens with one attached hydrogen (secondary N) is 1. The Morgan fingerprint density at radius 2 is 1.75 bits per heavy atom. The molecule has 0 fully saturated rings. The summed E-state index contributed by atoms with van der Waals surface area (Å²) >= 11 is 0. The number of hydrogen-bond acceptors (Lipinski definition) is 4. The molecule has 0 unspecified atom stereocenters. The first-order valence-electron chi connectivity index (χ1n) is 7.47. The van der Waals surface area contributed by atoms with E-state index >= 15 is 0 Å². The van der Waals surface area contributed by atoms with Gasteiger partial charge in [0.2, 0.25) is 5.91 Å². The number of amides is 1. The van der Waals surface area contributed by atoms with Gasteiger partial charge in [-0.15, -0.1) is 0 Å². The summed E-state index contributed by atoms with van der Waals surface area (Å²) in [6, 6.07) is 13.0. The van der Waals surface area contributed by atoms with Crippen LogP contribution in [0, 0.1) is 0 Å². The predicted octanol–water partition coefficient (Wildman–Crippen LogP) is 3.04. The highest BCUT2D eigenvalue weighted by Gasteiger charge is 2.06. The molecule has 126 valence electrons. The Labute approximate surface area is 141 Å². The Hall–Kier alpha value is -2.95. The van der Waals surface area contributed by atoms with E-state index in [-0.39, 0.29) is 5.91 Å². The maximum Gasteiger partial charge on any atom is 0.244 e. The normalized spacial score (nSPS) is 10.5. The summed E-state index contributed by atoms with van der Waals surface area (Å²) < 4.78 is 15.7. The molecule has 5 nitrogen and oxygen atoms in total. The van der Waals surface area contributed by atoms with Gasteiger partial charge in [-0.05, 0) is 24.3 Å². The first kappa shape index (κ1) is 17.4. The molecule has 0 saturated carbocycles. The van der Waals surface area contributed by atoms with Crippen molar-refractivity contribution >= 4 is 12.0 Å². The van der Waals surface area contributed by atoms with Crippen LogP contribution in [0.4, 0.5) is 0 Å². The molecule has 0 bridgehead atoms. The quantitative estimate of drug-likeness (QED) is 0.794. The second-order valence-electron chi connectivity index (χ2n) is 4.97. The fourth-order valence-electron chi connectivity index (χ4n) is 2.21. The molecule has 0 aliphatic heterocycles.